The average Bonchev–Trinajstić information content (AvgIpc) is 3.49. The Labute approximate surface area is 224 Å². The Kier molecular flexibility index (Phi) is 6.31. The summed E-state index contributed by atoms with van der Waals surface area (Å²) < 4.78 is 72.4. The quantitative estimate of drug-likeness (QED) is 0.505. The number of likely N-dealkylation sites (tertiary alicyclic amines) is 1. The van der Waals surface area contributed by atoms with Gasteiger partial charge in [0, 0.05) is 45.2 Å². The van der Waals surface area contributed by atoms with Crippen molar-refractivity contribution in [2.75, 3.05) is 55.8 Å². The molecular formula is C26H31F3N6O3S. The molecule has 0 bridgehead atoms. The van der Waals surface area contributed by atoms with Crippen LogP contribution in [0.1, 0.15) is 40.9 Å². The van der Waals surface area contributed by atoms with Crippen molar-refractivity contribution in [2.24, 2.45) is 0 Å². The minimum Gasteiger partial charge on any atom is -0.396 e. The van der Waals surface area contributed by atoms with Crippen LogP contribution in [0.3, 0.4) is 0 Å². The second-order valence-corrected chi connectivity index (χ2v) is 13.3. The number of ether oxygens (including phenoxy) is 1. The van der Waals surface area contributed by atoms with Gasteiger partial charge < -0.3 is 15.4 Å². The first-order chi connectivity index (χ1) is 18.5. The number of morpholine rings is 1. The number of nitrogens with two attached hydrogens (primary N) is 1. The smallest absolute Gasteiger partial charge is 0.396 e. The molecule has 1 atom stereocenters. The van der Waals surface area contributed by atoms with Gasteiger partial charge in [-0.25, -0.2) is 17.9 Å². The van der Waals surface area contributed by atoms with Crippen LogP contribution in [0.4, 0.5) is 24.7 Å². The highest BCUT2D eigenvalue weighted by molar-refractivity contribution is 7.94. The first-order valence-electron chi connectivity index (χ1n) is 13.1. The van der Waals surface area contributed by atoms with Gasteiger partial charge in [0.25, 0.3) is 0 Å². The Morgan fingerprint density at radius 2 is 1.92 bits per heavy atom. The second kappa shape index (κ2) is 9.34. The molecular weight excluding hydrogens is 533 g/mol. The summed E-state index contributed by atoms with van der Waals surface area (Å²) >= 11 is 0. The number of imidazole rings is 1. The Hall–Kier alpha value is -2.90. The molecule has 210 valence electrons. The first-order valence-corrected chi connectivity index (χ1v) is 14.7. The molecule has 3 aliphatic rings. The van der Waals surface area contributed by atoms with Gasteiger partial charge >= 0.3 is 6.18 Å². The molecule has 6 rings (SSSR count). The predicted molar refractivity (Wildman–Crippen MR) is 140 cm³/mol. The maximum absolute atomic E-state index is 13.7. The summed E-state index contributed by atoms with van der Waals surface area (Å²) in [4.78, 5) is 8.93. The Bertz CT molecular complexity index is 1530. The van der Waals surface area contributed by atoms with Crippen LogP contribution >= 0.6 is 0 Å². The van der Waals surface area contributed by atoms with E-state index in [1.165, 1.54) is 13.0 Å². The number of nitrogen functional groups attached to an aromatic ring is 1. The van der Waals surface area contributed by atoms with Crippen molar-refractivity contribution >= 4 is 27.0 Å². The fourth-order valence-electron chi connectivity index (χ4n) is 6.02. The molecule has 3 saturated heterocycles. The van der Waals surface area contributed by atoms with E-state index in [4.69, 9.17) is 20.6 Å². The van der Waals surface area contributed by atoms with Crippen molar-refractivity contribution < 1.29 is 26.3 Å². The highest BCUT2D eigenvalue weighted by Gasteiger charge is 2.55. The molecule has 9 nitrogen and oxygen atoms in total. The summed E-state index contributed by atoms with van der Waals surface area (Å²) in [5.41, 5.74) is 8.58. The summed E-state index contributed by atoms with van der Waals surface area (Å²) in [6, 6.07) is 5.96. The third kappa shape index (κ3) is 4.53. The highest BCUT2D eigenvalue weighted by Crippen LogP contribution is 2.42. The van der Waals surface area contributed by atoms with Crippen molar-refractivity contribution in [3.8, 4) is 0 Å². The van der Waals surface area contributed by atoms with E-state index in [-0.39, 0.29) is 17.7 Å². The topological polar surface area (TPSA) is 106 Å². The van der Waals surface area contributed by atoms with E-state index in [0.717, 1.165) is 6.07 Å². The molecule has 5 heterocycles. The molecule has 0 saturated carbocycles. The van der Waals surface area contributed by atoms with Gasteiger partial charge in [-0.3, -0.25) is 4.90 Å². The van der Waals surface area contributed by atoms with Gasteiger partial charge in [0.15, 0.2) is 21.3 Å². The monoisotopic (exact) mass is 564 g/mol. The van der Waals surface area contributed by atoms with Crippen LogP contribution in [-0.2, 0) is 33.7 Å². The molecule has 1 aromatic carbocycles. The zero-order valence-electron chi connectivity index (χ0n) is 21.7. The third-order valence-electron chi connectivity index (χ3n) is 8.47. The molecule has 2 N–H and O–H groups in total. The van der Waals surface area contributed by atoms with E-state index in [2.05, 4.69) is 9.80 Å². The van der Waals surface area contributed by atoms with Gasteiger partial charge in [-0.2, -0.15) is 13.2 Å². The number of anilines is 2. The minimum absolute atomic E-state index is 0.156. The van der Waals surface area contributed by atoms with E-state index in [1.54, 1.807) is 16.6 Å². The van der Waals surface area contributed by atoms with Crippen molar-refractivity contribution in [1.29, 1.82) is 0 Å². The number of halogens is 3. The fourth-order valence-corrected chi connectivity index (χ4v) is 7.92. The molecule has 13 heteroatoms. The number of sulfone groups is 1. The SMILES string of the molecule is Cc1c(Cc2c(CN3CCC4(CCS4(=O)=O)C3)nc3c(N)cc(N4CCOCC4)nn23)cccc1C(F)(F)F. The van der Waals surface area contributed by atoms with Crippen LogP contribution in [0, 0.1) is 6.92 Å². The first kappa shape index (κ1) is 26.3. The molecule has 2 aromatic heterocycles. The van der Waals surface area contributed by atoms with Crippen LogP contribution in [0.25, 0.3) is 5.65 Å². The molecule has 0 radical (unpaired) electrons. The van der Waals surface area contributed by atoms with E-state index >= 15 is 0 Å². The maximum atomic E-state index is 13.7. The van der Waals surface area contributed by atoms with Gasteiger partial charge in [0.2, 0.25) is 0 Å². The van der Waals surface area contributed by atoms with Crippen molar-refractivity contribution in [1.82, 2.24) is 19.5 Å². The molecule has 3 aliphatic heterocycles. The molecule has 39 heavy (non-hydrogen) atoms. The van der Waals surface area contributed by atoms with Gasteiger partial charge in [0.05, 0.1) is 46.4 Å². The normalized spacial score (nSPS) is 23.5. The lowest BCUT2D eigenvalue weighted by Crippen LogP contribution is -2.52. The van der Waals surface area contributed by atoms with E-state index < -0.39 is 26.3 Å². The van der Waals surface area contributed by atoms with Crippen molar-refractivity contribution in [2.45, 2.75) is 43.7 Å². The van der Waals surface area contributed by atoms with Crippen LogP contribution in [0.15, 0.2) is 24.3 Å². The molecule has 3 fully saturated rings. The zero-order valence-corrected chi connectivity index (χ0v) is 22.5. The lowest BCUT2D eigenvalue weighted by molar-refractivity contribution is -0.138. The van der Waals surface area contributed by atoms with Crippen LogP contribution in [0.5, 0.6) is 0 Å². The number of alkyl halides is 3. The number of hydrogen-bond donors (Lipinski definition) is 1. The minimum atomic E-state index is -4.47. The Balaban J connectivity index is 1.42. The van der Waals surface area contributed by atoms with E-state index in [0.29, 0.717) is 92.9 Å². The van der Waals surface area contributed by atoms with Gasteiger partial charge in [-0.05, 0) is 37.0 Å². The summed E-state index contributed by atoms with van der Waals surface area (Å²) in [5, 5.41) is 4.84. The highest BCUT2D eigenvalue weighted by atomic mass is 32.2. The van der Waals surface area contributed by atoms with Gasteiger partial charge in [0.1, 0.15) is 0 Å². The number of benzene rings is 1. The summed E-state index contributed by atoms with van der Waals surface area (Å²) in [5.74, 6) is 0.870. The van der Waals surface area contributed by atoms with Crippen molar-refractivity contribution in [3.05, 3.63) is 52.3 Å². The Morgan fingerprint density at radius 1 is 1.15 bits per heavy atom. The number of aromatic nitrogens is 3. The largest absolute Gasteiger partial charge is 0.416 e. The number of nitrogens with zero attached hydrogens (tertiary/aromatic N) is 5. The summed E-state index contributed by atoms with van der Waals surface area (Å²) in [6.45, 7) is 5.28. The molecule has 3 aromatic rings. The van der Waals surface area contributed by atoms with Crippen LogP contribution in [-0.4, -0.2) is 77.8 Å². The lowest BCUT2D eigenvalue weighted by Gasteiger charge is -2.37. The third-order valence-corrected chi connectivity index (χ3v) is 11.1. The second-order valence-electron chi connectivity index (χ2n) is 10.8. The number of fused-ring (bicyclic) bond motifs is 1. The lowest BCUT2D eigenvalue weighted by atomic mass is 9.98. The van der Waals surface area contributed by atoms with Gasteiger partial charge in [-0.1, -0.05) is 12.1 Å². The summed E-state index contributed by atoms with van der Waals surface area (Å²) in [7, 11) is -3.10. The fraction of sp³-hybridized carbons (Fsp3) is 0.538. The predicted octanol–water partition coefficient (Wildman–Crippen LogP) is 2.83. The van der Waals surface area contributed by atoms with E-state index in [1.807, 2.05) is 0 Å². The van der Waals surface area contributed by atoms with E-state index in [9.17, 15) is 21.6 Å². The summed E-state index contributed by atoms with van der Waals surface area (Å²) in [6.07, 6.45) is -3.06. The molecule has 1 spiro atoms. The molecule has 0 amide bonds. The Morgan fingerprint density at radius 3 is 2.56 bits per heavy atom. The number of rotatable bonds is 5. The van der Waals surface area contributed by atoms with Crippen LogP contribution in [0.2, 0.25) is 0 Å². The molecule has 0 aliphatic carbocycles. The standard InChI is InChI=1S/C26H31F3N6O3S/c1-17-18(3-2-4-19(17)26(27,28)29)13-22-21(15-33-7-5-25(16-33)6-12-39(25,36)37)31-24-20(30)14-23(32-35(22)24)34-8-10-38-11-9-34/h2-4,14H,5-13,15-16,30H2,1H3. The van der Waals surface area contributed by atoms with Crippen molar-refractivity contribution in [3.63, 3.8) is 0 Å². The zero-order chi connectivity index (χ0) is 27.6. The maximum Gasteiger partial charge on any atom is 0.416 e. The molecule has 1 unspecified atom stereocenters. The van der Waals surface area contributed by atoms with Crippen LogP contribution < -0.4 is 10.6 Å². The van der Waals surface area contributed by atoms with Gasteiger partial charge in [-0.15, -0.1) is 5.10 Å². The average molecular weight is 565 g/mol. The number of hydrogen-bond acceptors (Lipinski definition) is 8.